The molecule has 1 aromatic carbocycles. The number of benzene rings is 1. The van der Waals surface area contributed by atoms with Crippen LogP contribution in [-0.4, -0.2) is 16.0 Å². The molecule has 1 aromatic rings. The van der Waals surface area contributed by atoms with Crippen LogP contribution in [0.5, 0.6) is 0 Å². The normalized spacial score (nSPS) is 20.3. The van der Waals surface area contributed by atoms with Crippen molar-refractivity contribution in [3.63, 3.8) is 0 Å². The SMILES string of the molecule is CC1=CCC(N=C=S)(N=C=S)C(SSc2cccc(C)c2)=C1. The van der Waals surface area contributed by atoms with Crippen molar-refractivity contribution < 1.29 is 0 Å². The van der Waals surface area contributed by atoms with E-state index >= 15 is 0 Å². The molecule has 0 saturated heterocycles. The number of thiocarbonyl (C=S) groups is 2. The molecular formula is C16H14N2S4. The third kappa shape index (κ3) is 4.26. The number of aliphatic imine (C=N–C) groups is 2. The Morgan fingerprint density at radius 3 is 2.50 bits per heavy atom. The minimum atomic E-state index is -0.801. The Balaban J connectivity index is 2.29. The van der Waals surface area contributed by atoms with E-state index in [0.29, 0.717) is 6.42 Å². The molecule has 0 radical (unpaired) electrons. The number of rotatable bonds is 5. The zero-order valence-electron chi connectivity index (χ0n) is 12.2. The fourth-order valence-electron chi connectivity index (χ4n) is 2.01. The molecule has 0 heterocycles. The molecule has 0 aromatic heterocycles. The quantitative estimate of drug-likeness (QED) is 0.371. The molecule has 0 atom stereocenters. The third-order valence-electron chi connectivity index (χ3n) is 3.14. The molecular weight excluding hydrogens is 348 g/mol. The third-order valence-corrected chi connectivity index (χ3v) is 5.84. The van der Waals surface area contributed by atoms with E-state index in [9.17, 15) is 0 Å². The van der Waals surface area contributed by atoms with Crippen molar-refractivity contribution >= 4 is 56.3 Å². The molecule has 1 aliphatic carbocycles. The van der Waals surface area contributed by atoms with Crippen molar-refractivity contribution in [2.75, 3.05) is 0 Å². The minimum absolute atomic E-state index is 0.624. The highest BCUT2D eigenvalue weighted by Gasteiger charge is 2.35. The van der Waals surface area contributed by atoms with Crippen LogP contribution in [-0.2, 0) is 0 Å². The first-order valence-corrected chi connectivity index (χ1v) is 9.54. The van der Waals surface area contributed by atoms with Gasteiger partial charge in [-0.05, 0) is 62.1 Å². The second-order valence-corrected chi connectivity index (χ2v) is 7.48. The van der Waals surface area contributed by atoms with E-state index in [4.69, 9.17) is 24.4 Å². The molecule has 2 nitrogen and oxygen atoms in total. The van der Waals surface area contributed by atoms with Crippen LogP contribution in [0.3, 0.4) is 0 Å². The molecule has 0 N–H and O–H groups in total. The van der Waals surface area contributed by atoms with E-state index in [1.165, 1.54) is 16.0 Å². The lowest BCUT2D eigenvalue weighted by atomic mass is 9.98. The van der Waals surface area contributed by atoms with Gasteiger partial charge in [0.05, 0.1) is 10.3 Å². The Kier molecular flexibility index (Phi) is 6.33. The largest absolute Gasteiger partial charge is 0.204 e. The van der Waals surface area contributed by atoms with Gasteiger partial charge < -0.3 is 0 Å². The Hall–Kier alpha value is -1.00. The highest BCUT2D eigenvalue weighted by atomic mass is 33.1. The van der Waals surface area contributed by atoms with Crippen LogP contribution in [0.4, 0.5) is 0 Å². The molecule has 0 saturated carbocycles. The van der Waals surface area contributed by atoms with Crippen LogP contribution < -0.4 is 0 Å². The number of hydrogen-bond acceptors (Lipinski definition) is 6. The first-order chi connectivity index (χ1) is 10.6. The van der Waals surface area contributed by atoms with Gasteiger partial charge in [-0.15, -0.1) is 0 Å². The zero-order valence-corrected chi connectivity index (χ0v) is 15.5. The maximum absolute atomic E-state index is 4.79. The number of isothiocyanates is 2. The summed E-state index contributed by atoms with van der Waals surface area (Å²) in [5.74, 6) is 0. The van der Waals surface area contributed by atoms with Crippen molar-refractivity contribution in [3.8, 4) is 0 Å². The first kappa shape index (κ1) is 17.4. The van der Waals surface area contributed by atoms with Crippen LogP contribution in [0, 0.1) is 6.92 Å². The van der Waals surface area contributed by atoms with Crippen LogP contribution in [0.15, 0.2) is 61.8 Å². The van der Waals surface area contributed by atoms with Crippen LogP contribution in [0.2, 0.25) is 0 Å². The molecule has 0 fully saturated rings. The lowest BCUT2D eigenvalue weighted by molar-refractivity contribution is 0.560. The molecule has 112 valence electrons. The summed E-state index contributed by atoms with van der Waals surface area (Å²) in [4.78, 5) is 10.7. The van der Waals surface area contributed by atoms with Gasteiger partial charge in [0.15, 0.2) is 0 Å². The summed E-state index contributed by atoms with van der Waals surface area (Å²) in [5, 5.41) is 4.90. The molecule has 0 aliphatic heterocycles. The number of allylic oxidation sites excluding steroid dienone is 2. The van der Waals surface area contributed by atoms with Crippen molar-refractivity contribution in [2.45, 2.75) is 30.8 Å². The van der Waals surface area contributed by atoms with Crippen molar-refractivity contribution in [2.24, 2.45) is 9.98 Å². The molecule has 0 amide bonds. The summed E-state index contributed by atoms with van der Waals surface area (Å²) in [6.45, 7) is 4.14. The summed E-state index contributed by atoms with van der Waals surface area (Å²) in [6, 6.07) is 8.37. The van der Waals surface area contributed by atoms with Gasteiger partial charge in [0.25, 0.3) is 0 Å². The van der Waals surface area contributed by atoms with E-state index in [1.807, 2.05) is 0 Å². The Labute approximate surface area is 149 Å². The number of hydrogen-bond donors (Lipinski definition) is 0. The fourth-order valence-corrected chi connectivity index (χ4v) is 4.83. The number of nitrogens with zero attached hydrogens (tertiary/aromatic N) is 2. The highest BCUT2D eigenvalue weighted by molar-refractivity contribution is 8.78. The van der Waals surface area contributed by atoms with Gasteiger partial charge >= 0.3 is 0 Å². The Morgan fingerprint density at radius 2 is 1.86 bits per heavy atom. The van der Waals surface area contributed by atoms with Gasteiger partial charge in [-0.25, -0.2) is 0 Å². The topological polar surface area (TPSA) is 24.7 Å². The van der Waals surface area contributed by atoms with E-state index < -0.39 is 5.66 Å². The lowest BCUT2D eigenvalue weighted by Gasteiger charge is -2.27. The first-order valence-electron chi connectivity index (χ1n) is 6.58. The van der Waals surface area contributed by atoms with Crippen molar-refractivity contribution in [1.82, 2.24) is 0 Å². The second kappa shape index (κ2) is 8.02. The maximum atomic E-state index is 4.79. The molecule has 1 aliphatic rings. The summed E-state index contributed by atoms with van der Waals surface area (Å²) in [7, 11) is 3.30. The van der Waals surface area contributed by atoms with Gasteiger partial charge in [0, 0.05) is 16.2 Å². The van der Waals surface area contributed by atoms with E-state index in [1.54, 1.807) is 21.6 Å². The molecule has 6 heteroatoms. The van der Waals surface area contributed by atoms with Gasteiger partial charge in [-0.1, -0.05) is 45.4 Å². The molecule has 2 rings (SSSR count). The predicted octanol–water partition coefficient (Wildman–Crippen LogP) is 5.87. The minimum Gasteiger partial charge on any atom is -0.195 e. The number of aryl methyl sites for hydroxylation is 1. The van der Waals surface area contributed by atoms with Gasteiger partial charge in [0.2, 0.25) is 5.66 Å². The molecule has 0 spiro atoms. The monoisotopic (exact) mass is 362 g/mol. The van der Waals surface area contributed by atoms with Crippen LogP contribution in [0.25, 0.3) is 0 Å². The van der Waals surface area contributed by atoms with Gasteiger partial charge in [-0.3, -0.25) is 0 Å². The maximum Gasteiger partial charge on any atom is 0.204 e. The summed E-state index contributed by atoms with van der Waals surface area (Å²) in [5.41, 5.74) is 1.62. The van der Waals surface area contributed by atoms with Crippen molar-refractivity contribution in [3.05, 3.63) is 52.5 Å². The van der Waals surface area contributed by atoms with E-state index in [0.717, 1.165) is 4.91 Å². The predicted molar refractivity (Wildman–Crippen MR) is 104 cm³/mol. The smallest absolute Gasteiger partial charge is 0.195 e. The van der Waals surface area contributed by atoms with E-state index in [2.05, 4.69) is 70.6 Å². The second-order valence-electron chi connectivity index (χ2n) is 4.87. The average Bonchev–Trinajstić information content (AvgIpc) is 2.49. The Morgan fingerprint density at radius 1 is 1.14 bits per heavy atom. The average molecular weight is 363 g/mol. The Bertz CT molecular complexity index is 705. The molecule has 22 heavy (non-hydrogen) atoms. The summed E-state index contributed by atoms with van der Waals surface area (Å²) < 4.78 is 0. The summed E-state index contributed by atoms with van der Waals surface area (Å²) in [6.07, 6.45) is 4.77. The standard InChI is InChI=1S/C16H14N2S4/c1-12-4-3-5-14(8-12)21-22-15-9-13(2)6-7-16(15,17-10-19)18-11-20/h3-6,8-9H,7H2,1-2H3. The van der Waals surface area contributed by atoms with Gasteiger partial charge in [0.1, 0.15) is 0 Å². The van der Waals surface area contributed by atoms with Crippen LogP contribution in [0.1, 0.15) is 18.9 Å². The highest BCUT2D eigenvalue weighted by Crippen LogP contribution is 2.47. The lowest BCUT2D eigenvalue weighted by Crippen LogP contribution is -2.26. The van der Waals surface area contributed by atoms with E-state index in [-0.39, 0.29) is 0 Å². The van der Waals surface area contributed by atoms with Crippen LogP contribution >= 0.6 is 46.0 Å². The molecule has 0 unspecified atom stereocenters. The van der Waals surface area contributed by atoms with Gasteiger partial charge in [-0.2, -0.15) is 9.98 Å². The summed E-state index contributed by atoms with van der Waals surface area (Å²) >= 11 is 9.59. The van der Waals surface area contributed by atoms with Crippen molar-refractivity contribution in [1.29, 1.82) is 0 Å². The zero-order chi connectivity index (χ0) is 16.0. The fraction of sp³-hybridized carbons (Fsp3) is 0.250. The molecule has 0 bridgehead atoms.